The van der Waals surface area contributed by atoms with Crippen molar-refractivity contribution in [1.29, 1.82) is 0 Å². The van der Waals surface area contributed by atoms with Gasteiger partial charge in [0.05, 0.1) is 0 Å². The number of aliphatic carboxylic acids is 2. The third-order valence-electron chi connectivity index (χ3n) is 2.21. The Hall–Kier alpha value is -1.92. The van der Waals surface area contributed by atoms with Gasteiger partial charge in [0.1, 0.15) is 6.04 Å². The molecule has 6 heteroatoms. The first-order valence-corrected chi connectivity index (χ1v) is 5.91. The van der Waals surface area contributed by atoms with E-state index in [1.807, 2.05) is 30.3 Å². The molecule has 19 heavy (non-hydrogen) atoms. The maximum absolute atomic E-state index is 10.4. The van der Waals surface area contributed by atoms with Gasteiger partial charge in [-0.1, -0.05) is 30.3 Å². The van der Waals surface area contributed by atoms with E-state index in [1.54, 1.807) is 0 Å². The van der Waals surface area contributed by atoms with E-state index in [4.69, 9.17) is 21.7 Å². The average molecular weight is 268 g/mol. The molecule has 106 valence electrons. The molecular weight excluding hydrogens is 248 g/mol. The Bertz CT molecular complexity index is 381. The molecule has 0 aromatic heterocycles. The van der Waals surface area contributed by atoms with E-state index < -0.39 is 18.0 Å². The number of rotatable bonds is 6. The maximum Gasteiger partial charge on any atom is 0.320 e. The second kappa shape index (κ2) is 10.0. The Labute approximate surface area is 112 Å². The first-order valence-electron chi connectivity index (χ1n) is 5.91. The lowest BCUT2D eigenvalue weighted by Gasteiger charge is -2.04. The molecule has 0 heterocycles. The third kappa shape index (κ3) is 9.75. The Morgan fingerprint density at radius 3 is 2.11 bits per heavy atom. The number of carboxylic acid groups (broad SMARTS) is 2. The molecule has 1 unspecified atom stereocenters. The monoisotopic (exact) mass is 268 g/mol. The van der Waals surface area contributed by atoms with Crippen LogP contribution in [0.4, 0.5) is 0 Å². The SMILES string of the molecule is NC(Cc1ccccc1)C(=O)O.NCCCC(=O)O. The second-order valence-corrected chi connectivity index (χ2v) is 3.92. The molecule has 0 fully saturated rings. The van der Waals surface area contributed by atoms with E-state index in [0.717, 1.165) is 5.56 Å². The van der Waals surface area contributed by atoms with Crippen molar-refractivity contribution >= 4 is 11.9 Å². The Morgan fingerprint density at radius 2 is 1.74 bits per heavy atom. The van der Waals surface area contributed by atoms with Gasteiger partial charge in [-0.3, -0.25) is 9.59 Å². The molecule has 0 bridgehead atoms. The average Bonchev–Trinajstić information content (AvgIpc) is 2.38. The third-order valence-corrected chi connectivity index (χ3v) is 2.21. The van der Waals surface area contributed by atoms with Crippen LogP contribution in [-0.2, 0) is 16.0 Å². The smallest absolute Gasteiger partial charge is 0.320 e. The van der Waals surface area contributed by atoms with Crippen LogP contribution >= 0.6 is 0 Å². The first-order chi connectivity index (χ1) is 8.97. The molecule has 0 saturated carbocycles. The van der Waals surface area contributed by atoms with Crippen molar-refractivity contribution in [2.75, 3.05) is 6.54 Å². The fraction of sp³-hybridized carbons (Fsp3) is 0.385. The molecule has 1 aromatic carbocycles. The van der Waals surface area contributed by atoms with Crippen molar-refractivity contribution in [2.45, 2.75) is 25.3 Å². The maximum atomic E-state index is 10.4. The van der Waals surface area contributed by atoms with Crippen LogP contribution in [0.3, 0.4) is 0 Å². The molecule has 1 aromatic rings. The number of nitrogens with two attached hydrogens (primary N) is 2. The van der Waals surface area contributed by atoms with Crippen molar-refractivity contribution in [3.8, 4) is 0 Å². The fourth-order valence-electron chi connectivity index (χ4n) is 1.21. The van der Waals surface area contributed by atoms with Crippen molar-refractivity contribution in [2.24, 2.45) is 11.5 Å². The fourth-order valence-corrected chi connectivity index (χ4v) is 1.21. The van der Waals surface area contributed by atoms with Gasteiger partial charge >= 0.3 is 11.9 Å². The van der Waals surface area contributed by atoms with Gasteiger partial charge in [-0.2, -0.15) is 0 Å². The van der Waals surface area contributed by atoms with Gasteiger partial charge in [0, 0.05) is 6.42 Å². The molecule has 0 amide bonds. The van der Waals surface area contributed by atoms with Gasteiger partial charge in [-0.05, 0) is 24.9 Å². The molecule has 0 radical (unpaired) electrons. The first kappa shape index (κ1) is 17.1. The highest BCUT2D eigenvalue weighted by atomic mass is 16.4. The predicted molar refractivity (Wildman–Crippen MR) is 71.7 cm³/mol. The summed E-state index contributed by atoms with van der Waals surface area (Å²) in [7, 11) is 0. The van der Waals surface area contributed by atoms with Crippen molar-refractivity contribution in [1.82, 2.24) is 0 Å². The zero-order chi connectivity index (χ0) is 14.7. The van der Waals surface area contributed by atoms with Gasteiger partial charge in [0.2, 0.25) is 0 Å². The van der Waals surface area contributed by atoms with Crippen LogP contribution < -0.4 is 11.5 Å². The molecule has 6 N–H and O–H groups in total. The van der Waals surface area contributed by atoms with Crippen LogP contribution in [0.1, 0.15) is 18.4 Å². The number of hydrogen-bond donors (Lipinski definition) is 4. The van der Waals surface area contributed by atoms with Crippen LogP contribution in [0.2, 0.25) is 0 Å². The largest absolute Gasteiger partial charge is 0.481 e. The molecule has 1 atom stereocenters. The Balaban J connectivity index is 0.000000399. The minimum absolute atomic E-state index is 0.191. The van der Waals surface area contributed by atoms with Crippen LogP contribution in [0.15, 0.2) is 30.3 Å². The summed E-state index contributed by atoms with van der Waals surface area (Å²) in [6.45, 7) is 0.465. The van der Waals surface area contributed by atoms with E-state index in [1.165, 1.54) is 0 Å². The molecule has 0 saturated heterocycles. The lowest BCUT2D eigenvalue weighted by Crippen LogP contribution is -2.32. The van der Waals surface area contributed by atoms with E-state index in [2.05, 4.69) is 0 Å². The van der Waals surface area contributed by atoms with E-state index in [9.17, 15) is 9.59 Å². The van der Waals surface area contributed by atoms with Gasteiger partial charge in [-0.15, -0.1) is 0 Å². The summed E-state index contributed by atoms with van der Waals surface area (Å²) in [6, 6.07) is 8.54. The topological polar surface area (TPSA) is 127 Å². The van der Waals surface area contributed by atoms with Crippen LogP contribution in [0.25, 0.3) is 0 Å². The van der Waals surface area contributed by atoms with Crippen LogP contribution in [0, 0.1) is 0 Å². The van der Waals surface area contributed by atoms with E-state index >= 15 is 0 Å². The zero-order valence-corrected chi connectivity index (χ0v) is 10.7. The number of carboxylic acids is 2. The lowest BCUT2D eigenvalue weighted by molar-refractivity contribution is -0.139. The molecular formula is C13H20N2O4. The summed E-state index contributed by atoms with van der Waals surface area (Å²) >= 11 is 0. The quantitative estimate of drug-likeness (QED) is 0.593. The van der Waals surface area contributed by atoms with Crippen LogP contribution in [-0.4, -0.2) is 34.7 Å². The van der Waals surface area contributed by atoms with Gasteiger partial charge in [-0.25, -0.2) is 0 Å². The molecule has 6 nitrogen and oxygen atoms in total. The normalized spacial score (nSPS) is 11.1. The lowest BCUT2D eigenvalue weighted by atomic mass is 10.1. The number of benzene rings is 1. The minimum atomic E-state index is -0.959. The molecule has 0 aliphatic rings. The van der Waals surface area contributed by atoms with Gasteiger partial charge in [0.25, 0.3) is 0 Å². The second-order valence-electron chi connectivity index (χ2n) is 3.92. The number of hydrogen-bond acceptors (Lipinski definition) is 4. The highest BCUT2D eigenvalue weighted by Crippen LogP contribution is 2.01. The van der Waals surface area contributed by atoms with Crippen molar-refractivity contribution in [3.05, 3.63) is 35.9 Å². The summed E-state index contributed by atoms with van der Waals surface area (Å²) in [4.78, 5) is 20.1. The minimum Gasteiger partial charge on any atom is -0.481 e. The molecule has 0 aliphatic heterocycles. The van der Waals surface area contributed by atoms with Crippen LogP contribution in [0.5, 0.6) is 0 Å². The molecule has 0 aliphatic carbocycles. The van der Waals surface area contributed by atoms with Gasteiger partial charge < -0.3 is 21.7 Å². The highest BCUT2D eigenvalue weighted by Gasteiger charge is 2.10. The highest BCUT2D eigenvalue weighted by molar-refractivity contribution is 5.73. The van der Waals surface area contributed by atoms with E-state index in [-0.39, 0.29) is 6.42 Å². The van der Waals surface area contributed by atoms with Crippen molar-refractivity contribution in [3.63, 3.8) is 0 Å². The van der Waals surface area contributed by atoms with Gasteiger partial charge in [0.15, 0.2) is 0 Å². The summed E-state index contributed by atoms with van der Waals surface area (Å²) in [5.41, 5.74) is 11.3. The standard InChI is InChI=1S/C9H11NO2.C4H9NO2/c10-8(9(11)12)6-7-4-2-1-3-5-7;5-3-1-2-4(6)7/h1-5,8H,6,10H2,(H,11,12);1-3,5H2,(H,6,7). The van der Waals surface area contributed by atoms with E-state index in [0.29, 0.717) is 19.4 Å². The predicted octanol–water partition coefficient (Wildman–Crippen LogP) is 0.451. The summed E-state index contributed by atoms with van der Waals surface area (Å²) in [5, 5.41) is 16.5. The number of carbonyl (C=O) groups is 2. The zero-order valence-electron chi connectivity index (χ0n) is 10.7. The van der Waals surface area contributed by atoms with Crippen molar-refractivity contribution < 1.29 is 19.8 Å². The molecule has 0 spiro atoms. The summed E-state index contributed by atoms with van der Waals surface area (Å²) < 4.78 is 0. The Kier molecular flexibility index (Phi) is 9.03. The molecule has 1 rings (SSSR count). The Morgan fingerprint density at radius 1 is 1.16 bits per heavy atom. The summed E-state index contributed by atoms with van der Waals surface area (Å²) in [5.74, 6) is -1.73. The summed E-state index contributed by atoms with van der Waals surface area (Å²) in [6.07, 6.45) is 1.15.